The molecule has 0 bridgehead atoms. The van der Waals surface area contributed by atoms with E-state index in [1.807, 2.05) is 24.3 Å². The Kier molecular flexibility index (Phi) is 3.36. The van der Waals surface area contributed by atoms with Gasteiger partial charge in [0, 0.05) is 16.8 Å². The van der Waals surface area contributed by atoms with Crippen molar-refractivity contribution in [3.05, 3.63) is 58.6 Å². The molecule has 102 valence electrons. The largest absolute Gasteiger partial charge is 0.493 e. The van der Waals surface area contributed by atoms with Crippen LogP contribution in [0.3, 0.4) is 0 Å². The number of carbonyl (C=O) groups is 1. The third kappa shape index (κ3) is 2.25. The molecule has 0 spiro atoms. The van der Waals surface area contributed by atoms with Crippen LogP contribution < -0.4 is 10.5 Å². The lowest BCUT2D eigenvalue weighted by atomic mass is 9.86. The van der Waals surface area contributed by atoms with Crippen LogP contribution in [0, 0.1) is 0 Å². The Balaban J connectivity index is 2.00. The molecule has 1 unspecified atom stereocenters. The Hall–Kier alpha value is -2.00. The van der Waals surface area contributed by atoms with Crippen molar-refractivity contribution in [1.29, 1.82) is 0 Å². The van der Waals surface area contributed by atoms with E-state index in [0.29, 0.717) is 29.3 Å². The zero-order chi connectivity index (χ0) is 14.1. The van der Waals surface area contributed by atoms with Gasteiger partial charge in [-0.3, -0.25) is 4.79 Å². The van der Waals surface area contributed by atoms with Gasteiger partial charge in [0.05, 0.1) is 17.5 Å². The van der Waals surface area contributed by atoms with Crippen LogP contribution in [0.5, 0.6) is 5.75 Å². The van der Waals surface area contributed by atoms with Crippen molar-refractivity contribution in [3.8, 4) is 5.75 Å². The number of carbonyl (C=O) groups excluding carboxylic acids is 1. The highest BCUT2D eigenvalue weighted by atomic mass is 35.5. The van der Waals surface area contributed by atoms with Gasteiger partial charge in [0.25, 0.3) is 0 Å². The minimum absolute atomic E-state index is 0.0192. The Morgan fingerprint density at radius 1 is 1.25 bits per heavy atom. The minimum atomic E-state index is -0.207. The van der Waals surface area contributed by atoms with Crippen LogP contribution in [0.15, 0.2) is 42.5 Å². The summed E-state index contributed by atoms with van der Waals surface area (Å²) in [7, 11) is 0. The van der Waals surface area contributed by atoms with E-state index < -0.39 is 0 Å². The number of halogens is 1. The molecule has 3 nitrogen and oxygen atoms in total. The maximum absolute atomic E-state index is 12.7. The van der Waals surface area contributed by atoms with Crippen molar-refractivity contribution in [2.75, 3.05) is 12.3 Å². The number of ether oxygens (including phenoxy) is 1. The fourth-order valence-corrected chi connectivity index (χ4v) is 2.82. The molecule has 2 aromatic rings. The zero-order valence-corrected chi connectivity index (χ0v) is 11.6. The predicted octanol–water partition coefficient (Wildman–Crippen LogP) is 3.67. The molecule has 1 heterocycles. The average Bonchev–Trinajstić information content (AvgIpc) is 2.46. The van der Waals surface area contributed by atoms with Crippen LogP contribution in [-0.2, 0) is 0 Å². The highest BCUT2D eigenvalue weighted by Gasteiger charge is 2.29. The molecule has 4 heteroatoms. The molecule has 0 saturated carbocycles. The Morgan fingerprint density at radius 3 is 2.85 bits per heavy atom. The van der Waals surface area contributed by atoms with Gasteiger partial charge in [-0.05, 0) is 30.7 Å². The van der Waals surface area contributed by atoms with Gasteiger partial charge < -0.3 is 10.5 Å². The summed E-state index contributed by atoms with van der Waals surface area (Å²) in [5, 5.41) is 0.402. The average molecular weight is 288 g/mol. The number of fused-ring (bicyclic) bond motifs is 1. The molecule has 0 aromatic heterocycles. The van der Waals surface area contributed by atoms with Crippen LogP contribution in [0.2, 0.25) is 5.02 Å². The summed E-state index contributed by atoms with van der Waals surface area (Å²) in [5.74, 6) is 0.593. The topological polar surface area (TPSA) is 52.3 Å². The number of ketones is 1. The van der Waals surface area contributed by atoms with E-state index in [1.54, 1.807) is 18.2 Å². The molecule has 0 aliphatic carbocycles. The molecule has 2 aromatic carbocycles. The lowest BCUT2D eigenvalue weighted by Gasteiger charge is -2.25. The van der Waals surface area contributed by atoms with E-state index in [9.17, 15) is 4.79 Å². The first-order valence-electron chi connectivity index (χ1n) is 6.48. The first-order valence-corrected chi connectivity index (χ1v) is 6.85. The molecule has 1 atom stereocenters. The van der Waals surface area contributed by atoms with E-state index in [1.165, 1.54) is 0 Å². The number of benzene rings is 2. The first kappa shape index (κ1) is 13.0. The molecule has 2 N–H and O–H groups in total. The standard InChI is InChI=1S/C16H14ClNO2/c17-14-9-10(18)5-6-13(14)16(19)12-7-8-20-15-4-2-1-3-11(12)15/h1-6,9,12H,7-8,18H2. The second-order valence-electron chi connectivity index (χ2n) is 4.83. The van der Waals surface area contributed by atoms with Gasteiger partial charge in [-0.25, -0.2) is 0 Å². The summed E-state index contributed by atoms with van der Waals surface area (Å²) in [4.78, 5) is 12.7. The second kappa shape index (κ2) is 5.17. The summed E-state index contributed by atoms with van der Waals surface area (Å²) in [6, 6.07) is 12.6. The van der Waals surface area contributed by atoms with E-state index in [4.69, 9.17) is 22.1 Å². The quantitative estimate of drug-likeness (QED) is 0.677. The number of rotatable bonds is 2. The number of hydrogen-bond donors (Lipinski definition) is 1. The Morgan fingerprint density at radius 2 is 2.05 bits per heavy atom. The molecule has 20 heavy (non-hydrogen) atoms. The van der Waals surface area contributed by atoms with Crippen molar-refractivity contribution in [1.82, 2.24) is 0 Å². The van der Waals surface area contributed by atoms with E-state index in [-0.39, 0.29) is 11.7 Å². The number of nitrogens with two attached hydrogens (primary N) is 1. The summed E-state index contributed by atoms with van der Waals surface area (Å²) < 4.78 is 5.58. The molecule has 3 rings (SSSR count). The molecule has 0 fully saturated rings. The zero-order valence-electron chi connectivity index (χ0n) is 10.8. The lowest BCUT2D eigenvalue weighted by Crippen LogP contribution is -2.21. The van der Waals surface area contributed by atoms with Crippen molar-refractivity contribution < 1.29 is 9.53 Å². The second-order valence-corrected chi connectivity index (χ2v) is 5.24. The van der Waals surface area contributed by atoms with Crippen LogP contribution in [-0.4, -0.2) is 12.4 Å². The monoisotopic (exact) mass is 287 g/mol. The maximum Gasteiger partial charge on any atom is 0.172 e. The maximum atomic E-state index is 12.7. The molecular formula is C16H14ClNO2. The smallest absolute Gasteiger partial charge is 0.172 e. The van der Waals surface area contributed by atoms with Crippen molar-refractivity contribution in [2.45, 2.75) is 12.3 Å². The first-order chi connectivity index (χ1) is 9.66. The number of hydrogen-bond acceptors (Lipinski definition) is 3. The van der Waals surface area contributed by atoms with Gasteiger partial charge in [0.15, 0.2) is 5.78 Å². The van der Waals surface area contributed by atoms with E-state index >= 15 is 0 Å². The SMILES string of the molecule is Nc1ccc(C(=O)C2CCOc3ccccc32)c(Cl)c1. The van der Waals surface area contributed by atoms with Gasteiger partial charge in [0.1, 0.15) is 5.75 Å². The van der Waals surface area contributed by atoms with Crippen molar-refractivity contribution in [3.63, 3.8) is 0 Å². The molecule has 1 aliphatic heterocycles. The molecular weight excluding hydrogens is 274 g/mol. The van der Waals surface area contributed by atoms with Crippen LogP contribution in [0.25, 0.3) is 0 Å². The van der Waals surface area contributed by atoms with Crippen LogP contribution in [0.1, 0.15) is 28.3 Å². The number of nitrogen functional groups attached to an aromatic ring is 1. The predicted molar refractivity (Wildman–Crippen MR) is 79.5 cm³/mol. The third-order valence-electron chi connectivity index (χ3n) is 3.53. The van der Waals surface area contributed by atoms with Gasteiger partial charge in [-0.15, -0.1) is 0 Å². The summed E-state index contributed by atoms with van der Waals surface area (Å²) in [6.45, 7) is 0.542. The molecule has 1 aliphatic rings. The van der Waals surface area contributed by atoms with Gasteiger partial charge in [-0.1, -0.05) is 29.8 Å². The fourth-order valence-electron chi connectivity index (χ4n) is 2.53. The minimum Gasteiger partial charge on any atom is -0.493 e. The van der Waals surface area contributed by atoms with Crippen LogP contribution >= 0.6 is 11.6 Å². The van der Waals surface area contributed by atoms with E-state index in [0.717, 1.165) is 11.3 Å². The van der Waals surface area contributed by atoms with Gasteiger partial charge >= 0.3 is 0 Å². The molecule has 0 amide bonds. The fraction of sp³-hybridized carbons (Fsp3) is 0.188. The highest BCUT2D eigenvalue weighted by molar-refractivity contribution is 6.34. The van der Waals surface area contributed by atoms with E-state index in [2.05, 4.69) is 0 Å². The van der Waals surface area contributed by atoms with Gasteiger partial charge in [-0.2, -0.15) is 0 Å². The number of para-hydroxylation sites is 1. The van der Waals surface area contributed by atoms with Crippen molar-refractivity contribution >= 4 is 23.1 Å². The van der Waals surface area contributed by atoms with Gasteiger partial charge in [0.2, 0.25) is 0 Å². The summed E-state index contributed by atoms with van der Waals surface area (Å²) in [5.41, 5.74) is 7.67. The Bertz CT molecular complexity index is 669. The highest BCUT2D eigenvalue weighted by Crippen LogP contribution is 2.36. The van der Waals surface area contributed by atoms with Crippen molar-refractivity contribution in [2.24, 2.45) is 0 Å². The molecule has 0 saturated heterocycles. The molecule has 0 radical (unpaired) electrons. The third-order valence-corrected chi connectivity index (χ3v) is 3.85. The summed E-state index contributed by atoms with van der Waals surface area (Å²) in [6.07, 6.45) is 0.663. The number of Topliss-reactive ketones (excluding diaryl/α,β-unsaturated/α-hetero) is 1. The summed E-state index contributed by atoms with van der Waals surface area (Å²) >= 11 is 6.14. The Labute approximate surface area is 122 Å². The van der Waals surface area contributed by atoms with Crippen LogP contribution in [0.4, 0.5) is 5.69 Å². The lowest BCUT2D eigenvalue weighted by molar-refractivity contribution is 0.0933. The normalized spacial score (nSPS) is 17.1. The number of anilines is 1.